The molecule has 0 spiro atoms. The van der Waals surface area contributed by atoms with E-state index in [4.69, 9.17) is 0 Å². The molecule has 1 amide bonds. The van der Waals surface area contributed by atoms with Gasteiger partial charge in [0, 0.05) is 37.4 Å². The molecular weight excluding hydrogens is 298 g/mol. The highest BCUT2D eigenvalue weighted by atomic mass is 16.2. The van der Waals surface area contributed by atoms with Gasteiger partial charge in [-0.15, -0.1) is 0 Å². The van der Waals surface area contributed by atoms with Gasteiger partial charge in [0.25, 0.3) is 0 Å². The minimum Gasteiger partial charge on any atom is -0.371 e. The normalized spacial score (nSPS) is 27.6. The Kier molecular flexibility index (Phi) is 4.49. The number of benzene rings is 1. The van der Waals surface area contributed by atoms with E-state index >= 15 is 0 Å². The van der Waals surface area contributed by atoms with E-state index in [1.807, 2.05) is 0 Å². The summed E-state index contributed by atoms with van der Waals surface area (Å²) in [6, 6.07) is 9.74. The summed E-state index contributed by atoms with van der Waals surface area (Å²) in [5.74, 6) is 1.09. The second kappa shape index (κ2) is 6.75. The van der Waals surface area contributed by atoms with E-state index in [2.05, 4.69) is 46.3 Å². The lowest BCUT2D eigenvalue weighted by molar-refractivity contribution is -0.123. The zero-order valence-electron chi connectivity index (χ0n) is 14.7. The molecule has 24 heavy (non-hydrogen) atoms. The number of hydrogen-bond donors (Lipinski definition) is 1. The van der Waals surface area contributed by atoms with Crippen LogP contribution >= 0.6 is 0 Å². The van der Waals surface area contributed by atoms with Crippen molar-refractivity contribution in [1.29, 1.82) is 0 Å². The topological polar surface area (TPSA) is 35.6 Å². The zero-order chi connectivity index (χ0) is 16.5. The Balaban J connectivity index is 1.23. The van der Waals surface area contributed by atoms with Crippen LogP contribution < -0.4 is 10.2 Å². The maximum Gasteiger partial charge on any atom is 0.234 e. The van der Waals surface area contributed by atoms with Gasteiger partial charge in [0.15, 0.2) is 0 Å². The summed E-state index contributed by atoms with van der Waals surface area (Å²) in [4.78, 5) is 17.2. The van der Waals surface area contributed by atoms with Crippen molar-refractivity contribution >= 4 is 11.6 Å². The predicted molar refractivity (Wildman–Crippen MR) is 97.3 cm³/mol. The van der Waals surface area contributed by atoms with Crippen molar-refractivity contribution in [3.63, 3.8) is 0 Å². The van der Waals surface area contributed by atoms with Crippen molar-refractivity contribution in [3.05, 3.63) is 29.8 Å². The minimum absolute atomic E-state index is 0.233. The van der Waals surface area contributed by atoms with Crippen LogP contribution in [0.1, 0.15) is 37.7 Å². The highest BCUT2D eigenvalue weighted by Crippen LogP contribution is 2.36. The Morgan fingerprint density at radius 3 is 2.71 bits per heavy atom. The number of carbonyl (C=O) groups is 1. The fraction of sp³-hybridized carbons (Fsp3) is 0.650. The lowest BCUT2D eigenvalue weighted by Gasteiger charge is -2.34. The third-order valence-electron chi connectivity index (χ3n) is 6.10. The van der Waals surface area contributed by atoms with Crippen molar-refractivity contribution in [2.75, 3.05) is 31.1 Å². The Morgan fingerprint density at radius 2 is 2.04 bits per heavy atom. The number of carbonyl (C=O) groups excluding carboxylic acids is 1. The number of nitrogens with one attached hydrogen (secondary N) is 1. The molecule has 2 heterocycles. The molecule has 3 aliphatic rings. The van der Waals surface area contributed by atoms with Gasteiger partial charge in [-0.1, -0.05) is 12.1 Å². The summed E-state index contributed by atoms with van der Waals surface area (Å²) in [6.07, 6.45) is 6.09. The van der Waals surface area contributed by atoms with E-state index in [1.54, 1.807) is 0 Å². The number of hydrogen-bond acceptors (Lipinski definition) is 3. The van der Waals surface area contributed by atoms with Crippen molar-refractivity contribution in [3.8, 4) is 0 Å². The average Bonchev–Trinajstić information content (AvgIpc) is 3.18. The molecule has 4 heteroatoms. The molecule has 1 N–H and O–H groups in total. The lowest BCUT2D eigenvalue weighted by atomic mass is 10.0. The third-order valence-corrected chi connectivity index (χ3v) is 6.10. The molecule has 1 saturated carbocycles. The number of amides is 1. The number of nitrogens with zero attached hydrogens (tertiary/aromatic N) is 2. The molecule has 4 nitrogen and oxygen atoms in total. The Labute approximate surface area is 145 Å². The molecular formula is C20H29N3O. The maximum absolute atomic E-state index is 12.4. The Hall–Kier alpha value is -1.55. The first kappa shape index (κ1) is 15.9. The summed E-state index contributed by atoms with van der Waals surface area (Å²) in [7, 11) is 0. The van der Waals surface area contributed by atoms with Gasteiger partial charge in [-0.25, -0.2) is 0 Å². The zero-order valence-corrected chi connectivity index (χ0v) is 14.7. The van der Waals surface area contributed by atoms with Crippen LogP contribution in [-0.4, -0.2) is 49.1 Å². The lowest BCUT2D eigenvalue weighted by Crippen LogP contribution is -2.48. The van der Waals surface area contributed by atoms with Crippen molar-refractivity contribution in [2.45, 2.75) is 51.1 Å². The van der Waals surface area contributed by atoms with Crippen LogP contribution in [0.5, 0.6) is 0 Å². The quantitative estimate of drug-likeness (QED) is 0.923. The molecule has 2 aliphatic heterocycles. The molecule has 4 rings (SSSR count). The van der Waals surface area contributed by atoms with Crippen molar-refractivity contribution < 1.29 is 4.79 Å². The summed E-state index contributed by atoms with van der Waals surface area (Å²) < 4.78 is 0. The largest absolute Gasteiger partial charge is 0.371 e. The molecule has 2 saturated heterocycles. The SMILES string of the molecule is Cc1cccc(N2CCC(NC(=O)CN3C[C@@H]4CC[C@H]3C4)CC2)c1. The van der Waals surface area contributed by atoms with Gasteiger partial charge < -0.3 is 10.2 Å². The van der Waals surface area contributed by atoms with E-state index in [1.165, 1.54) is 30.5 Å². The standard InChI is InChI=1S/C20H29N3O/c1-15-3-2-4-18(11-15)22-9-7-17(8-10-22)21-20(24)14-23-13-16-5-6-19(23)12-16/h2-4,11,16-17,19H,5-10,12-14H2,1H3,(H,21,24)/t16-,19+/m1/s1. The van der Waals surface area contributed by atoms with E-state index in [0.717, 1.165) is 38.4 Å². The number of aryl methyl sites for hydroxylation is 1. The van der Waals surface area contributed by atoms with Gasteiger partial charge in [-0.2, -0.15) is 0 Å². The molecule has 1 aromatic carbocycles. The summed E-state index contributed by atoms with van der Waals surface area (Å²) >= 11 is 0. The van der Waals surface area contributed by atoms with E-state index in [0.29, 0.717) is 18.6 Å². The van der Waals surface area contributed by atoms with Gasteiger partial charge in [-0.3, -0.25) is 9.69 Å². The third kappa shape index (κ3) is 3.44. The molecule has 0 aromatic heterocycles. The smallest absolute Gasteiger partial charge is 0.234 e. The first-order chi connectivity index (χ1) is 11.7. The average molecular weight is 327 g/mol. The summed E-state index contributed by atoms with van der Waals surface area (Å²) in [5, 5.41) is 3.28. The van der Waals surface area contributed by atoms with Crippen LogP contribution in [0.25, 0.3) is 0 Å². The Bertz CT molecular complexity index is 594. The molecule has 2 atom stereocenters. The summed E-state index contributed by atoms with van der Waals surface area (Å²) in [5.41, 5.74) is 2.62. The molecule has 0 unspecified atom stereocenters. The molecule has 0 radical (unpaired) electrons. The van der Waals surface area contributed by atoms with E-state index in [9.17, 15) is 4.79 Å². The summed E-state index contributed by atoms with van der Waals surface area (Å²) in [6.45, 7) is 5.95. The van der Waals surface area contributed by atoms with Gasteiger partial charge in [0.2, 0.25) is 5.91 Å². The monoisotopic (exact) mass is 327 g/mol. The van der Waals surface area contributed by atoms with Crippen LogP contribution in [0.15, 0.2) is 24.3 Å². The molecule has 130 valence electrons. The fourth-order valence-corrected chi connectivity index (χ4v) is 4.78. The molecule has 1 aliphatic carbocycles. The second-order valence-corrected chi connectivity index (χ2v) is 7.93. The highest BCUT2D eigenvalue weighted by molar-refractivity contribution is 5.78. The Morgan fingerprint density at radius 1 is 1.21 bits per heavy atom. The number of anilines is 1. The van der Waals surface area contributed by atoms with E-state index in [-0.39, 0.29) is 5.91 Å². The van der Waals surface area contributed by atoms with Crippen molar-refractivity contribution in [2.24, 2.45) is 5.92 Å². The number of fused-ring (bicyclic) bond motifs is 2. The van der Waals surface area contributed by atoms with Crippen LogP contribution in [0.4, 0.5) is 5.69 Å². The highest BCUT2D eigenvalue weighted by Gasteiger charge is 2.38. The van der Waals surface area contributed by atoms with Crippen LogP contribution in [-0.2, 0) is 4.79 Å². The molecule has 2 bridgehead atoms. The van der Waals surface area contributed by atoms with Crippen molar-refractivity contribution in [1.82, 2.24) is 10.2 Å². The van der Waals surface area contributed by atoms with Gasteiger partial charge >= 0.3 is 0 Å². The maximum atomic E-state index is 12.4. The minimum atomic E-state index is 0.233. The number of rotatable bonds is 4. The first-order valence-electron chi connectivity index (χ1n) is 9.52. The first-order valence-corrected chi connectivity index (χ1v) is 9.52. The molecule has 1 aromatic rings. The second-order valence-electron chi connectivity index (χ2n) is 7.93. The van der Waals surface area contributed by atoms with Crippen LogP contribution in [0.3, 0.4) is 0 Å². The number of likely N-dealkylation sites (tertiary alicyclic amines) is 1. The fourth-order valence-electron chi connectivity index (χ4n) is 4.78. The van der Waals surface area contributed by atoms with Crippen LogP contribution in [0, 0.1) is 12.8 Å². The van der Waals surface area contributed by atoms with E-state index < -0.39 is 0 Å². The predicted octanol–water partition coefficient (Wildman–Crippen LogP) is 2.56. The van der Waals surface area contributed by atoms with Gasteiger partial charge in [-0.05, 0) is 62.6 Å². The van der Waals surface area contributed by atoms with Crippen LogP contribution in [0.2, 0.25) is 0 Å². The van der Waals surface area contributed by atoms with Gasteiger partial charge in [0.1, 0.15) is 0 Å². The van der Waals surface area contributed by atoms with Gasteiger partial charge in [0.05, 0.1) is 6.54 Å². The molecule has 3 fully saturated rings. The number of piperidine rings is 2.